The molecule has 0 aromatic heterocycles. The molecule has 3 amide bonds. The van der Waals surface area contributed by atoms with Crippen LogP contribution in [0.3, 0.4) is 0 Å². The fourth-order valence-electron chi connectivity index (χ4n) is 5.68. The number of hydrogen-bond acceptors (Lipinski definition) is 6. The summed E-state index contributed by atoms with van der Waals surface area (Å²) in [6.45, 7) is 2.12. The number of halogens is 2. The van der Waals surface area contributed by atoms with Crippen LogP contribution in [0.4, 0.5) is 13.6 Å². The van der Waals surface area contributed by atoms with Gasteiger partial charge in [0.25, 0.3) is 5.92 Å². The first-order chi connectivity index (χ1) is 17.8. The number of rotatable bonds is 17. The van der Waals surface area contributed by atoms with Gasteiger partial charge in [0.05, 0.1) is 37.3 Å². The molecule has 0 aromatic rings. The van der Waals surface area contributed by atoms with E-state index in [0.29, 0.717) is 89.6 Å². The summed E-state index contributed by atoms with van der Waals surface area (Å²) in [6, 6.07) is 0.212. The number of carbonyl (C=O) groups is 3. The van der Waals surface area contributed by atoms with Crippen LogP contribution in [0.1, 0.15) is 64.2 Å². The van der Waals surface area contributed by atoms with Crippen LogP contribution in [0, 0.1) is 5.41 Å². The SMILES string of the molecule is O=C(CCCOCCOCCNC(=O)CCCC1=CC12CCCC2(F)F)CCC1SCC2NC(=O)NC21. The van der Waals surface area contributed by atoms with E-state index in [1.807, 2.05) is 11.8 Å². The number of Topliss-reactive ketones (excluding diaryl/α,β-unsaturated/α-hetero) is 1. The first-order valence-corrected chi connectivity index (χ1v) is 14.6. The van der Waals surface area contributed by atoms with E-state index in [1.54, 1.807) is 6.08 Å². The highest BCUT2D eigenvalue weighted by Gasteiger charge is 2.64. The van der Waals surface area contributed by atoms with Crippen LogP contribution in [0.25, 0.3) is 0 Å². The summed E-state index contributed by atoms with van der Waals surface area (Å²) in [6.07, 6.45) is 6.76. The molecule has 1 spiro atoms. The van der Waals surface area contributed by atoms with Gasteiger partial charge in [-0.25, -0.2) is 13.6 Å². The molecule has 1 saturated carbocycles. The van der Waals surface area contributed by atoms with E-state index in [2.05, 4.69) is 16.0 Å². The number of fused-ring (bicyclic) bond motifs is 1. The van der Waals surface area contributed by atoms with Gasteiger partial charge in [0.2, 0.25) is 5.91 Å². The summed E-state index contributed by atoms with van der Waals surface area (Å²) in [5.74, 6) is -1.57. The van der Waals surface area contributed by atoms with Gasteiger partial charge in [-0.3, -0.25) is 9.59 Å². The molecule has 4 atom stereocenters. The molecule has 2 aliphatic carbocycles. The van der Waals surface area contributed by atoms with Crippen molar-refractivity contribution in [3.63, 3.8) is 0 Å². The standard InChI is InChI=1S/C26H39F2N3O5S/c27-26(28)10-3-9-25(26)16-18(25)4-1-6-22(33)29-11-13-36-15-14-35-12-2-5-19(32)7-8-21-23-20(17-37-21)30-24(34)31-23/h16,20-21,23H,1-15,17H2,(H,29,33)(H2,30,31,34). The molecule has 8 nitrogen and oxygen atoms in total. The Morgan fingerprint density at radius 2 is 1.86 bits per heavy atom. The summed E-state index contributed by atoms with van der Waals surface area (Å²) in [4.78, 5) is 35.5. The zero-order valence-electron chi connectivity index (χ0n) is 21.3. The van der Waals surface area contributed by atoms with Crippen molar-refractivity contribution in [3.05, 3.63) is 11.6 Å². The predicted octanol–water partition coefficient (Wildman–Crippen LogP) is 3.35. The number of amides is 3. The molecule has 3 N–H and O–H groups in total. The molecule has 4 rings (SSSR count). The van der Waals surface area contributed by atoms with Crippen LogP contribution in [-0.2, 0) is 19.1 Å². The fraction of sp³-hybridized carbons (Fsp3) is 0.808. The minimum Gasteiger partial charge on any atom is -0.379 e. The Labute approximate surface area is 221 Å². The van der Waals surface area contributed by atoms with Gasteiger partial charge in [0.15, 0.2) is 0 Å². The Balaban J connectivity index is 0.903. The van der Waals surface area contributed by atoms with Gasteiger partial charge in [-0.2, -0.15) is 11.8 Å². The maximum atomic E-state index is 13.9. The minimum absolute atomic E-state index is 0.0271. The monoisotopic (exact) mass is 543 g/mol. The van der Waals surface area contributed by atoms with E-state index >= 15 is 0 Å². The van der Waals surface area contributed by atoms with Crippen molar-refractivity contribution in [2.75, 3.05) is 38.7 Å². The minimum atomic E-state index is -2.60. The number of allylic oxidation sites excluding steroid dienone is 2. The highest BCUT2D eigenvalue weighted by molar-refractivity contribution is 8.00. The van der Waals surface area contributed by atoms with E-state index in [4.69, 9.17) is 9.47 Å². The molecule has 11 heteroatoms. The summed E-state index contributed by atoms with van der Waals surface area (Å²) in [7, 11) is 0. The number of nitrogens with one attached hydrogen (secondary N) is 3. The molecule has 208 valence electrons. The number of ether oxygens (including phenoxy) is 2. The molecule has 0 radical (unpaired) electrons. The lowest BCUT2D eigenvalue weighted by Gasteiger charge is -2.20. The Morgan fingerprint density at radius 3 is 2.65 bits per heavy atom. The Morgan fingerprint density at radius 1 is 1.05 bits per heavy atom. The van der Waals surface area contributed by atoms with Crippen molar-refractivity contribution in [2.45, 2.75) is 87.5 Å². The van der Waals surface area contributed by atoms with E-state index in [-0.39, 0.29) is 36.2 Å². The van der Waals surface area contributed by atoms with Gasteiger partial charge >= 0.3 is 6.03 Å². The zero-order chi connectivity index (χ0) is 26.3. The molecular formula is C26H39F2N3O5S. The number of thioether (sulfide) groups is 1. The van der Waals surface area contributed by atoms with Crippen molar-refractivity contribution in [1.29, 1.82) is 0 Å². The Hall–Kier alpha value is -1.72. The van der Waals surface area contributed by atoms with E-state index < -0.39 is 11.3 Å². The van der Waals surface area contributed by atoms with Crippen molar-refractivity contribution in [3.8, 4) is 0 Å². The molecule has 4 aliphatic rings. The smallest absolute Gasteiger partial charge is 0.315 e. The number of carbonyl (C=O) groups excluding carboxylic acids is 3. The second-order valence-corrected chi connectivity index (χ2v) is 11.7. The van der Waals surface area contributed by atoms with Gasteiger partial charge in [-0.15, -0.1) is 0 Å². The Kier molecular flexibility index (Phi) is 9.85. The van der Waals surface area contributed by atoms with Crippen molar-refractivity contribution in [2.24, 2.45) is 5.41 Å². The number of urea groups is 1. The lowest BCUT2D eigenvalue weighted by molar-refractivity contribution is -0.121. The Bertz CT molecular complexity index is 873. The summed E-state index contributed by atoms with van der Waals surface area (Å²) in [5.41, 5.74) is -0.128. The zero-order valence-corrected chi connectivity index (χ0v) is 22.1. The molecule has 4 unspecified atom stereocenters. The first kappa shape index (κ1) is 28.3. The highest BCUT2D eigenvalue weighted by Crippen LogP contribution is 2.65. The van der Waals surface area contributed by atoms with Crippen LogP contribution < -0.4 is 16.0 Å². The molecule has 0 bridgehead atoms. The number of hydrogen-bond donors (Lipinski definition) is 3. The van der Waals surface area contributed by atoms with Gasteiger partial charge in [-0.1, -0.05) is 11.6 Å². The third kappa shape index (κ3) is 7.44. The average molecular weight is 544 g/mol. The molecular weight excluding hydrogens is 504 g/mol. The average Bonchev–Trinajstić information content (AvgIpc) is 3.07. The second kappa shape index (κ2) is 12.9. The molecule has 3 fully saturated rings. The number of ketones is 1. The van der Waals surface area contributed by atoms with Gasteiger partial charge in [-0.05, 0) is 38.5 Å². The van der Waals surface area contributed by atoms with Gasteiger partial charge < -0.3 is 25.4 Å². The second-order valence-electron chi connectivity index (χ2n) is 10.4. The predicted molar refractivity (Wildman–Crippen MR) is 137 cm³/mol. The van der Waals surface area contributed by atoms with Gasteiger partial charge in [0.1, 0.15) is 5.78 Å². The van der Waals surface area contributed by atoms with Crippen LogP contribution >= 0.6 is 11.8 Å². The van der Waals surface area contributed by atoms with Crippen LogP contribution in [-0.4, -0.2) is 79.7 Å². The maximum Gasteiger partial charge on any atom is 0.315 e. The highest BCUT2D eigenvalue weighted by atomic mass is 32.2. The fourth-order valence-corrected chi connectivity index (χ4v) is 7.17. The summed E-state index contributed by atoms with van der Waals surface area (Å²) in [5, 5.41) is 8.94. The quantitative estimate of drug-likeness (QED) is 0.148. The van der Waals surface area contributed by atoms with E-state index in [9.17, 15) is 23.2 Å². The summed E-state index contributed by atoms with van der Waals surface area (Å²) < 4.78 is 38.9. The topological polar surface area (TPSA) is 106 Å². The normalized spacial score (nSPS) is 29.1. The maximum absolute atomic E-state index is 13.9. The molecule has 2 aliphatic heterocycles. The molecule has 2 saturated heterocycles. The van der Waals surface area contributed by atoms with Crippen molar-refractivity contribution >= 4 is 29.5 Å². The van der Waals surface area contributed by atoms with Crippen LogP contribution in [0.15, 0.2) is 11.6 Å². The number of alkyl halides is 2. The van der Waals surface area contributed by atoms with Crippen molar-refractivity contribution in [1.82, 2.24) is 16.0 Å². The molecule has 2 heterocycles. The largest absolute Gasteiger partial charge is 0.379 e. The summed E-state index contributed by atoms with van der Waals surface area (Å²) >= 11 is 1.82. The van der Waals surface area contributed by atoms with E-state index in [0.717, 1.165) is 17.7 Å². The van der Waals surface area contributed by atoms with E-state index in [1.165, 1.54) is 0 Å². The molecule has 37 heavy (non-hydrogen) atoms. The third-order valence-corrected chi connectivity index (χ3v) is 9.31. The van der Waals surface area contributed by atoms with Crippen LogP contribution in [0.5, 0.6) is 0 Å². The third-order valence-electron chi connectivity index (χ3n) is 7.81. The lowest BCUT2D eigenvalue weighted by Crippen LogP contribution is -2.37. The first-order valence-electron chi connectivity index (χ1n) is 13.5. The molecule has 0 aromatic carbocycles. The van der Waals surface area contributed by atoms with Gasteiger partial charge in [0, 0.05) is 49.8 Å². The lowest BCUT2D eigenvalue weighted by atomic mass is 9.93. The van der Waals surface area contributed by atoms with Crippen LogP contribution in [0.2, 0.25) is 0 Å². The van der Waals surface area contributed by atoms with Crippen molar-refractivity contribution < 1.29 is 32.6 Å².